The summed E-state index contributed by atoms with van der Waals surface area (Å²) in [7, 11) is 0. The first-order chi connectivity index (χ1) is 14.0. The van der Waals surface area contributed by atoms with Crippen LogP contribution in [-0.2, 0) is 4.74 Å². The van der Waals surface area contributed by atoms with E-state index >= 15 is 0 Å². The highest BCUT2D eigenvalue weighted by Gasteiger charge is 2.24. The molecule has 4 rings (SSSR count). The number of nitro benzene ring substituents is 2. The molecule has 1 unspecified atom stereocenters. The van der Waals surface area contributed by atoms with E-state index in [0.717, 1.165) is 25.0 Å². The summed E-state index contributed by atoms with van der Waals surface area (Å²) in [5, 5.41) is 26.0. The predicted molar refractivity (Wildman–Crippen MR) is 97.5 cm³/mol. The van der Waals surface area contributed by atoms with Crippen LogP contribution in [0.15, 0.2) is 47.0 Å². The van der Waals surface area contributed by atoms with E-state index in [0.29, 0.717) is 29.6 Å². The summed E-state index contributed by atoms with van der Waals surface area (Å²) in [4.78, 5) is 24.9. The Labute approximate surface area is 163 Å². The number of hydrogen-bond acceptors (Lipinski definition) is 9. The van der Waals surface area contributed by atoms with Crippen molar-refractivity contribution in [1.82, 2.24) is 10.1 Å². The molecule has 148 valence electrons. The number of rotatable bonds is 6. The van der Waals surface area contributed by atoms with Crippen LogP contribution in [0.3, 0.4) is 0 Å². The molecule has 0 amide bonds. The van der Waals surface area contributed by atoms with Gasteiger partial charge in [-0.15, -0.1) is 0 Å². The van der Waals surface area contributed by atoms with E-state index in [1.165, 1.54) is 6.07 Å². The third-order valence-corrected chi connectivity index (χ3v) is 4.34. The average molecular weight is 398 g/mol. The van der Waals surface area contributed by atoms with Gasteiger partial charge in [0.2, 0.25) is 11.6 Å². The zero-order valence-corrected chi connectivity index (χ0v) is 14.9. The molecule has 2 heterocycles. The molecule has 0 bridgehead atoms. The lowest BCUT2D eigenvalue weighted by molar-refractivity contribution is -0.394. The lowest BCUT2D eigenvalue weighted by atomic mass is 10.2. The molecular formula is C18H14N4O7. The van der Waals surface area contributed by atoms with Crippen molar-refractivity contribution >= 4 is 11.4 Å². The highest BCUT2D eigenvalue weighted by atomic mass is 16.6. The second kappa shape index (κ2) is 7.64. The molecule has 1 atom stereocenters. The van der Waals surface area contributed by atoms with Crippen molar-refractivity contribution in [3.05, 3.63) is 68.6 Å². The van der Waals surface area contributed by atoms with Crippen LogP contribution in [0.2, 0.25) is 0 Å². The van der Waals surface area contributed by atoms with Crippen molar-refractivity contribution in [2.45, 2.75) is 18.9 Å². The third-order valence-electron chi connectivity index (χ3n) is 4.34. The summed E-state index contributed by atoms with van der Waals surface area (Å²) in [5.74, 6) is 1.03. The third kappa shape index (κ3) is 3.89. The number of nitro groups is 2. The van der Waals surface area contributed by atoms with Crippen molar-refractivity contribution in [1.29, 1.82) is 0 Å². The molecule has 1 aromatic heterocycles. The minimum absolute atomic E-state index is 0.103. The molecule has 1 aliphatic heterocycles. The van der Waals surface area contributed by atoms with Gasteiger partial charge in [-0.05, 0) is 43.2 Å². The van der Waals surface area contributed by atoms with E-state index in [4.69, 9.17) is 14.0 Å². The molecule has 1 fully saturated rings. The molecule has 1 saturated heterocycles. The van der Waals surface area contributed by atoms with Crippen LogP contribution in [0.25, 0.3) is 11.4 Å². The molecule has 0 aliphatic carbocycles. The van der Waals surface area contributed by atoms with Crippen molar-refractivity contribution in [3.8, 4) is 22.9 Å². The Balaban J connectivity index is 1.53. The molecule has 1 aliphatic rings. The van der Waals surface area contributed by atoms with Crippen LogP contribution in [0.1, 0.15) is 24.8 Å². The first kappa shape index (κ1) is 18.5. The Morgan fingerprint density at radius 2 is 1.86 bits per heavy atom. The van der Waals surface area contributed by atoms with Gasteiger partial charge in [0.05, 0.1) is 15.9 Å². The molecule has 11 heteroatoms. The predicted octanol–water partition coefficient (Wildman–Crippen LogP) is 4.20. The van der Waals surface area contributed by atoms with E-state index in [1.807, 2.05) is 0 Å². The number of aromatic nitrogens is 2. The number of ether oxygens (including phenoxy) is 2. The van der Waals surface area contributed by atoms with Crippen molar-refractivity contribution in [3.63, 3.8) is 0 Å². The Bertz CT molecular complexity index is 1060. The molecule has 0 radical (unpaired) electrons. The highest BCUT2D eigenvalue weighted by Crippen LogP contribution is 2.35. The molecule has 0 saturated carbocycles. The molecule has 3 aromatic rings. The van der Waals surface area contributed by atoms with Crippen LogP contribution in [0.4, 0.5) is 11.4 Å². The van der Waals surface area contributed by atoms with Gasteiger partial charge in [0.15, 0.2) is 0 Å². The molecular weight excluding hydrogens is 384 g/mol. The second-order valence-electron chi connectivity index (χ2n) is 6.25. The highest BCUT2D eigenvalue weighted by molar-refractivity contribution is 5.58. The van der Waals surface area contributed by atoms with E-state index in [-0.39, 0.29) is 11.9 Å². The maximum absolute atomic E-state index is 11.2. The summed E-state index contributed by atoms with van der Waals surface area (Å²) in [5.41, 5.74) is -0.218. The van der Waals surface area contributed by atoms with Gasteiger partial charge in [-0.3, -0.25) is 20.2 Å². The zero-order valence-electron chi connectivity index (χ0n) is 14.9. The summed E-state index contributed by atoms with van der Waals surface area (Å²) in [6.07, 6.45) is 1.60. The lowest BCUT2D eigenvalue weighted by Gasteiger charge is -2.06. The quantitative estimate of drug-likeness (QED) is 0.440. The van der Waals surface area contributed by atoms with E-state index < -0.39 is 21.2 Å². The molecule has 29 heavy (non-hydrogen) atoms. The second-order valence-corrected chi connectivity index (χ2v) is 6.25. The van der Waals surface area contributed by atoms with Gasteiger partial charge in [-0.1, -0.05) is 5.16 Å². The first-order valence-electron chi connectivity index (χ1n) is 8.67. The van der Waals surface area contributed by atoms with Crippen LogP contribution in [-0.4, -0.2) is 26.6 Å². The fourth-order valence-electron chi connectivity index (χ4n) is 2.90. The van der Waals surface area contributed by atoms with Gasteiger partial charge in [0, 0.05) is 18.2 Å². The minimum Gasteiger partial charge on any atom is -0.450 e. The fraction of sp³-hybridized carbons (Fsp3) is 0.222. The van der Waals surface area contributed by atoms with Crippen molar-refractivity contribution in [2.75, 3.05) is 6.61 Å². The smallest absolute Gasteiger partial charge is 0.318 e. The van der Waals surface area contributed by atoms with Gasteiger partial charge >= 0.3 is 5.69 Å². The van der Waals surface area contributed by atoms with Gasteiger partial charge in [0.1, 0.15) is 11.9 Å². The monoisotopic (exact) mass is 398 g/mol. The van der Waals surface area contributed by atoms with Crippen LogP contribution in [0.5, 0.6) is 11.5 Å². The van der Waals surface area contributed by atoms with Crippen LogP contribution < -0.4 is 4.74 Å². The summed E-state index contributed by atoms with van der Waals surface area (Å²) in [6.45, 7) is 0.670. The Kier molecular flexibility index (Phi) is 4.87. The fourth-order valence-corrected chi connectivity index (χ4v) is 2.90. The standard InChI is InChI=1S/C18H14N4O7/c23-21(24)12-5-8-15(14(10-12)22(25)26)28-13-6-3-11(4-7-13)17-19-18(29-20-17)16-2-1-9-27-16/h3-8,10,16H,1-2,9H2. The van der Waals surface area contributed by atoms with E-state index in [9.17, 15) is 20.2 Å². The van der Waals surface area contributed by atoms with Gasteiger partial charge < -0.3 is 14.0 Å². The van der Waals surface area contributed by atoms with E-state index in [1.54, 1.807) is 24.3 Å². The Morgan fingerprint density at radius 3 is 2.52 bits per heavy atom. The zero-order chi connectivity index (χ0) is 20.4. The largest absolute Gasteiger partial charge is 0.450 e. The van der Waals surface area contributed by atoms with Crippen molar-refractivity contribution in [2.24, 2.45) is 0 Å². The first-order valence-corrected chi connectivity index (χ1v) is 8.67. The van der Waals surface area contributed by atoms with E-state index in [2.05, 4.69) is 10.1 Å². The average Bonchev–Trinajstić information content (AvgIpc) is 3.40. The van der Waals surface area contributed by atoms with Gasteiger partial charge in [-0.25, -0.2) is 0 Å². The number of non-ortho nitro benzene ring substituents is 1. The Morgan fingerprint density at radius 1 is 1.07 bits per heavy atom. The van der Waals surface area contributed by atoms with Crippen LogP contribution in [0, 0.1) is 20.2 Å². The summed E-state index contributed by atoms with van der Waals surface area (Å²) in [6, 6.07) is 9.72. The molecule has 2 aromatic carbocycles. The summed E-state index contributed by atoms with van der Waals surface area (Å²) >= 11 is 0. The molecule has 0 N–H and O–H groups in total. The van der Waals surface area contributed by atoms with Gasteiger partial charge in [-0.2, -0.15) is 4.98 Å². The van der Waals surface area contributed by atoms with Crippen LogP contribution >= 0.6 is 0 Å². The number of nitrogens with zero attached hydrogens (tertiary/aromatic N) is 4. The minimum atomic E-state index is -0.733. The number of hydrogen-bond donors (Lipinski definition) is 0. The molecule has 0 spiro atoms. The lowest BCUT2D eigenvalue weighted by Crippen LogP contribution is -1.96. The summed E-state index contributed by atoms with van der Waals surface area (Å²) < 4.78 is 16.3. The normalized spacial score (nSPS) is 15.9. The SMILES string of the molecule is O=[N+]([O-])c1ccc(Oc2ccc(-c3noc(C4CCCO4)n3)cc2)c([N+](=O)[O-])c1. The van der Waals surface area contributed by atoms with Gasteiger partial charge in [0.25, 0.3) is 11.6 Å². The number of benzene rings is 2. The molecule has 11 nitrogen and oxygen atoms in total. The van der Waals surface area contributed by atoms with Crippen molar-refractivity contribution < 1.29 is 23.8 Å². The Hall–Kier alpha value is -3.86. The topological polar surface area (TPSA) is 144 Å². The maximum Gasteiger partial charge on any atom is 0.318 e. The maximum atomic E-state index is 11.2.